The van der Waals surface area contributed by atoms with E-state index in [0.717, 1.165) is 10.5 Å². The van der Waals surface area contributed by atoms with Crippen LogP contribution in [0.5, 0.6) is 0 Å². The van der Waals surface area contributed by atoms with Crippen molar-refractivity contribution in [2.45, 2.75) is 10.6 Å². The Morgan fingerprint density at radius 3 is 2.68 bits per heavy atom. The van der Waals surface area contributed by atoms with Crippen molar-refractivity contribution in [3.63, 3.8) is 0 Å². The molecule has 0 bridgehead atoms. The number of hydrogen-bond donors (Lipinski definition) is 1. The third-order valence-corrected chi connectivity index (χ3v) is 3.87. The van der Waals surface area contributed by atoms with Crippen molar-refractivity contribution >= 4 is 29.3 Å². The average Bonchev–Trinajstić information content (AvgIpc) is 2.40. The smallest absolute Gasteiger partial charge is 0.335 e. The van der Waals surface area contributed by atoms with Gasteiger partial charge in [0.2, 0.25) is 0 Å². The second-order valence-corrected chi connectivity index (χ2v) is 5.28. The summed E-state index contributed by atoms with van der Waals surface area (Å²) in [6, 6.07) is 11.3. The van der Waals surface area contributed by atoms with E-state index in [1.807, 2.05) is 0 Å². The fraction of sp³-hybridized carbons (Fsp3) is 0.0714. The largest absolute Gasteiger partial charge is 0.478 e. The molecule has 0 amide bonds. The second kappa shape index (κ2) is 6.08. The van der Waals surface area contributed by atoms with E-state index in [2.05, 4.69) is 0 Å². The number of hydrogen-bond acceptors (Lipinski definition) is 2. The zero-order valence-electron chi connectivity index (χ0n) is 9.77. The number of carboxylic acid groups (broad SMARTS) is 1. The second-order valence-electron chi connectivity index (χ2n) is 3.83. The first-order valence-corrected chi connectivity index (χ1v) is 6.83. The number of halogens is 2. The molecule has 0 unspecified atom stereocenters. The molecule has 0 fully saturated rings. The maximum Gasteiger partial charge on any atom is 0.335 e. The highest BCUT2D eigenvalue weighted by Gasteiger charge is 2.09. The Morgan fingerprint density at radius 1 is 1.26 bits per heavy atom. The third kappa shape index (κ3) is 3.49. The van der Waals surface area contributed by atoms with Gasteiger partial charge in [0.15, 0.2) is 0 Å². The van der Waals surface area contributed by atoms with Crippen LogP contribution >= 0.6 is 23.4 Å². The minimum atomic E-state index is -0.951. The van der Waals surface area contributed by atoms with Crippen molar-refractivity contribution in [3.05, 3.63) is 64.4 Å². The lowest BCUT2D eigenvalue weighted by atomic mass is 10.1. The third-order valence-electron chi connectivity index (χ3n) is 2.53. The van der Waals surface area contributed by atoms with Crippen LogP contribution in [0.1, 0.15) is 15.9 Å². The minimum absolute atomic E-state index is 0.0662. The molecule has 2 rings (SSSR count). The van der Waals surface area contributed by atoms with Crippen molar-refractivity contribution in [1.29, 1.82) is 0 Å². The average molecular weight is 297 g/mol. The summed E-state index contributed by atoms with van der Waals surface area (Å²) in [7, 11) is 0. The lowest BCUT2D eigenvalue weighted by Gasteiger charge is -2.06. The molecule has 0 aliphatic carbocycles. The molecule has 0 atom stereocenters. The highest BCUT2D eigenvalue weighted by Crippen LogP contribution is 2.27. The van der Waals surface area contributed by atoms with Gasteiger partial charge < -0.3 is 5.11 Å². The number of aromatic carboxylic acids is 1. The molecule has 2 aromatic rings. The Bertz CT molecular complexity index is 616. The van der Waals surface area contributed by atoms with Crippen molar-refractivity contribution in [2.75, 3.05) is 0 Å². The molecule has 0 aromatic heterocycles. The van der Waals surface area contributed by atoms with Crippen LogP contribution in [0.15, 0.2) is 47.4 Å². The van der Waals surface area contributed by atoms with Crippen LogP contribution in [-0.2, 0) is 5.75 Å². The first-order valence-electron chi connectivity index (χ1n) is 5.47. The molecule has 98 valence electrons. The first kappa shape index (κ1) is 13.9. The molecule has 0 spiro atoms. The van der Waals surface area contributed by atoms with E-state index in [1.165, 1.54) is 23.9 Å². The molecule has 5 heteroatoms. The van der Waals surface area contributed by atoms with Crippen LogP contribution in [0.3, 0.4) is 0 Å². The molecule has 0 aliphatic heterocycles. The van der Waals surface area contributed by atoms with Crippen molar-refractivity contribution < 1.29 is 14.3 Å². The molecule has 0 heterocycles. The number of thioether (sulfide) groups is 1. The van der Waals surface area contributed by atoms with Crippen LogP contribution in [0.2, 0.25) is 5.02 Å². The van der Waals surface area contributed by atoms with Gasteiger partial charge in [-0.25, -0.2) is 9.18 Å². The molecule has 0 radical (unpaired) electrons. The topological polar surface area (TPSA) is 37.3 Å². The zero-order valence-corrected chi connectivity index (χ0v) is 11.3. The van der Waals surface area contributed by atoms with Crippen LogP contribution in [0.4, 0.5) is 4.39 Å². The Balaban J connectivity index is 2.14. The van der Waals surface area contributed by atoms with Crippen molar-refractivity contribution in [2.24, 2.45) is 0 Å². The maximum absolute atomic E-state index is 13.0. The molecule has 1 N–H and O–H groups in total. The number of carbonyl (C=O) groups is 1. The van der Waals surface area contributed by atoms with Crippen LogP contribution < -0.4 is 0 Å². The van der Waals surface area contributed by atoms with Gasteiger partial charge in [0.25, 0.3) is 0 Å². The summed E-state index contributed by atoms with van der Waals surface area (Å²) in [6.45, 7) is 0. The Labute approximate surface area is 119 Å². The van der Waals surface area contributed by atoms with Crippen LogP contribution in [0.25, 0.3) is 0 Å². The maximum atomic E-state index is 13.0. The molecule has 0 aliphatic rings. The van der Waals surface area contributed by atoms with Crippen molar-refractivity contribution in [3.8, 4) is 0 Å². The van der Waals surface area contributed by atoms with Crippen LogP contribution in [0, 0.1) is 5.82 Å². The molecule has 2 nitrogen and oxygen atoms in total. The molecule has 0 saturated carbocycles. The number of rotatable bonds is 4. The number of carboxylic acids is 1. The normalized spacial score (nSPS) is 10.4. The lowest BCUT2D eigenvalue weighted by Crippen LogP contribution is -2.00. The van der Waals surface area contributed by atoms with Gasteiger partial charge in [0.1, 0.15) is 5.82 Å². The fourth-order valence-corrected chi connectivity index (χ4v) is 2.77. The fourth-order valence-electron chi connectivity index (χ4n) is 1.58. The van der Waals surface area contributed by atoms with Gasteiger partial charge in [0.05, 0.1) is 10.6 Å². The standard InChI is InChI=1S/C14H10ClFO2S/c15-12-7-10(5-6-13(12)16)19-8-9-3-1-2-4-11(9)14(17)18/h1-7H,8H2,(H,17,18). The quantitative estimate of drug-likeness (QED) is 0.846. The molecular formula is C14H10ClFO2S. The van der Waals surface area contributed by atoms with Crippen molar-refractivity contribution in [1.82, 2.24) is 0 Å². The Kier molecular flexibility index (Phi) is 4.45. The van der Waals surface area contributed by atoms with Gasteiger partial charge >= 0.3 is 5.97 Å². The van der Waals surface area contributed by atoms with Gasteiger partial charge in [-0.2, -0.15) is 0 Å². The highest BCUT2D eigenvalue weighted by molar-refractivity contribution is 7.98. The summed E-state index contributed by atoms with van der Waals surface area (Å²) in [5, 5.41) is 9.13. The summed E-state index contributed by atoms with van der Waals surface area (Å²) >= 11 is 7.11. The summed E-state index contributed by atoms with van der Waals surface area (Å²) in [5.74, 6) is -0.921. The van der Waals surface area contributed by atoms with E-state index in [0.29, 0.717) is 5.75 Å². The van der Waals surface area contributed by atoms with E-state index >= 15 is 0 Å². The monoisotopic (exact) mass is 296 g/mol. The zero-order chi connectivity index (χ0) is 13.8. The molecule has 19 heavy (non-hydrogen) atoms. The van der Waals surface area contributed by atoms with Gasteiger partial charge in [-0.15, -0.1) is 11.8 Å². The van der Waals surface area contributed by atoms with Gasteiger partial charge in [-0.3, -0.25) is 0 Å². The summed E-state index contributed by atoms with van der Waals surface area (Å²) in [4.78, 5) is 11.8. The van der Waals surface area contributed by atoms with E-state index in [4.69, 9.17) is 16.7 Å². The van der Waals surface area contributed by atoms with Gasteiger partial charge in [-0.05, 0) is 29.8 Å². The predicted molar refractivity (Wildman–Crippen MR) is 74.4 cm³/mol. The molecule has 0 saturated heterocycles. The van der Waals surface area contributed by atoms with E-state index in [-0.39, 0.29) is 10.6 Å². The Hall–Kier alpha value is -1.52. The summed E-state index contributed by atoms with van der Waals surface area (Å²) in [6.07, 6.45) is 0. The molecular weight excluding hydrogens is 287 g/mol. The predicted octanol–water partition coefficient (Wildman–Crippen LogP) is 4.47. The van der Waals surface area contributed by atoms with E-state index < -0.39 is 11.8 Å². The van der Waals surface area contributed by atoms with Gasteiger partial charge in [-0.1, -0.05) is 29.8 Å². The SMILES string of the molecule is O=C(O)c1ccccc1CSc1ccc(F)c(Cl)c1. The first-order chi connectivity index (χ1) is 9.08. The van der Waals surface area contributed by atoms with E-state index in [1.54, 1.807) is 30.3 Å². The van der Waals surface area contributed by atoms with Crippen LogP contribution in [-0.4, -0.2) is 11.1 Å². The summed E-state index contributed by atoms with van der Waals surface area (Å²) in [5.41, 5.74) is 1.00. The highest BCUT2D eigenvalue weighted by atomic mass is 35.5. The van der Waals surface area contributed by atoms with E-state index in [9.17, 15) is 9.18 Å². The lowest BCUT2D eigenvalue weighted by molar-refractivity contribution is 0.0696. The minimum Gasteiger partial charge on any atom is -0.478 e. The molecule has 2 aromatic carbocycles. The number of benzene rings is 2. The van der Waals surface area contributed by atoms with Gasteiger partial charge in [0, 0.05) is 10.6 Å². The summed E-state index contributed by atoms with van der Waals surface area (Å²) < 4.78 is 13.0. The Morgan fingerprint density at radius 2 is 2.00 bits per heavy atom.